The van der Waals surface area contributed by atoms with E-state index in [0.717, 1.165) is 25.9 Å². The van der Waals surface area contributed by atoms with Gasteiger partial charge in [0.2, 0.25) is 0 Å². The lowest BCUT2D eigenvalue weighted by Crippen LogP contribution is -2.22. The maximum atomic E-state index is 11.3. The molecule has 0 saturated carbocycles. The Labute approximate surface area is 119 Å². The molecule has 19 heavy (non-hydrogen) atoms. The molecule has 0 aliphatic heterocycles. The summed E-state index contributed by atoms with van der Waals surface area (Å²) in [5.41, 5.74) is -0.0501. The Morgan fingerprint density at radius 1 is 1.11 bits per heavy atom. The lowest BCUT2D eigenvalue weighted by molar-refractivity contribution is -0.144. The third-order valence-electron chi connectivity index (χ3n) is 3.02. The molecule has 0 aliphatic carbocycles. The highest BCUT2D eigenvalue weighted by Gasteiger charge is 2.14. The molecule has 114 valence electrons. The van der Waals surface area contributed by atoms with Crippen LogP contribution in [0.1, 0.15) is 67.2 Å². The smallest absolute Gasteiger partial charge is 0.306 e. The van der Waals surface area contributed by atoms with Gasteiger partial charge in [0, 0.05) is 13.0 Å². The van der Waals surface area contributed by atoms with Crippen molar-refractivity contribution >= 4 is 5.97 Å². The lowest BCUT2D eigenvalue weighted by atomic mass is 9.97. The zero-order valence-corrected chi connectivity index (χ0v) is 13.6. The average Bonchev–Trinajstić information content (AvgIpc) is 2.25. The maximum absolute atomic E-state index is 11.3. The van der Waals surface area contributed by atoms with Crippen LogP contribution in [0.5, 0.6) is 0 Å². The number of carbonyl (C=O) groups excluding carboxylic acids is 1. The summed E-state index contributed by atoms with van der Waals surface area (Å²) in [6.45, 7) is 13.7. The minimum Gasteiger partial charge on any atom is -0.466 e. The summed E-state index contributed by atoms with van der Waals surface area (Å²) >= 11 is 0. The summed E-state index contributed by atoms with van der Waals surface area (Å²) in [4.78, 5) is 11.3. The van der Waals surface area contributed by atoms with Crippen LogP contribution in [0.15, 0.2) is 0 Å². The molecule has 0 unspecified atom stereocenters. The molecule has 2 atom stereocenters. The monoisotopic (exact) mass is 272 g/mol. The van der Waals surface area contributed by atoms with E-state index in [2.05, 4.69) is 34.6 Å². The van der Waals surface area contributed by atoms with Crippen LogP contribution in [-0.2, 0) is 14.3 Å². The van der Waals surface area contributed by atoms with Gasteiger partial charge in [-0.25, -0.2) is 0 Å². The highest BCUT2D eigenvalue weighted by atomic mass is 16.5. The number of carbonyl (C=O) groups is 1. The molecule has 0 aromatic rings. The maximum Gasteiger partial charge on any atom is 0.306 e. The van der Waals surface area contributed by atoms with Crippen molar-refractivity contribution in [3.05, 3.63) is 0 Å². The second-order valence-electron chi connectivity index (χ2n) is 6.57. The van der Waals surface area contributed by atoms with Crippen molar-refractivity contribution in [3.8, 4) is 0 Å². The molecule has 0 amide bonds. The predicted octanol–water partition coefficient (Wildman–Crippen LogP) is 4.20. The molecular formula is C16H32O3. The molecule has 0 radical (unpaired) electrons. The number of esters is 1. The first-order chi connectivity index (χ1) is 8.74. The fourth-order valence-corrected chi connectivity index (χ4v) is 1.90. The molecule has 0 rings (SSSR count). The number of hydrogen-bond donors (Lipinski definition) is 0. The van der Waals surface area contributed by atoms with Gasteiger partial charge in [0.05, 0.1) is 12.2 Å². The molecule has 0 bridgehead atoms. The molecule has 0 saturated heterocycles. The minimum absolute atomic E-state index is 0.0501. The summed E-state index contributed by atoms with van der Waals surface area (Å²) in [6.07, 6.45) is 3.93. The first-order valence-electron chi connectivity index (χ1n) is 7.54. The average molecular weight is 272 g/mol. The third kappa shape index (κ3) is 12.2. The Balaban J connectivity index is 3.64. The van der Waals surface area contributed by atoms with E-state index in [1.165, 1.54) is 0 Å². The van der Waals surface area contributed by atoms with E-state index in [4.69, 9.17) is 9.47 Å². The fourth-order valence-electron chi connectivity index (χ4n) is 1.90. The predicted molar refractivity (Wildman–Crippen MR) is 79.1 cm³/mol. The molecule has 0 heterocycles. The van der Waals surface area contributed by atoms with Gasteiger partial charge in [-0.05, 0) is 46.0 Å². The highest BCUT2D eigenvalue weighted by molar-refractivity contribution is 5.69. The highest BCUT2D eigenvalue weighted by Crippen LogP contribution is 2.18. The van der Waals surface area contributed by atoms with Crippen LogP contribution in [0.3, 0.4) is 0 Å². The van der Waals surface area contributed by atoms with Gasteiger partial charge < -0.3 is 9.47 Å². The lowest BCUT2D eigenvalue weighted by Gasteiger charge is -2.22. The van der Waals surface area contributed by atoms with Gasteiger partial charge in [0.1, 0.15) is 0 Å². The van der Waals surface area contributed by atoms with Crippen LogP contribution >= 0.6 is 0 Å². The van der Waals surface area contributed by atoms with Crippen molar-refractivity contribution in [2.24, 2.45) is 11.8 Å². The van der Waals surface area contributed by atoms with Gasteiger partial charge in [0.25, 0.3) is 0 Å². The van der Waals surface area contributed by atoms with E-state index in [0.29, 0.717) is 24.9 Å². The van der Waals surface area contributed by atoms with Crippen molar-refractivity contribution in [1.29, 1.82) is 0 Å². The summed E-state index contributed by atoms with van der Waals surface area (Å²) in [7, 11) is 0. The van der Waals surface area contributed by atoms with Crippen molar-refractivity contribution < 1.29 is 14.3 Å². The van der Waals surface area contributed by atoms with Crippen LogP contribution in [0.25, 0.3) is 0 Å². The molecule has 0 spiro atoms. The number of rotatable bonds is 9. The molecule has 0 aromatic heterocycles. The SMILES string of the molecule is CCOC(=O)C[C@@H](C)CCC[C@@H](C)COC(C)(C)C. The Morgan fingerprint density at radius 2 is 1.68 bits per heavy atom. The summed E-state index contributed by atoms with van der Waals surface area (Å²) in [5, 5.41) is 0. The van der Waals surface area contributed by atoms with Crippen molar-refractivity contribution in [3.63, 3.8) is 0 Å². The zero-order chi connectivity index (χ0) is 14.9. The van der Waals surface area contributed by atoms with Crippen molar-refractivity contribution in [2.45, 2.75) is 72.8 Å². The molecular weight excluding hydrogens is 240 g/mol. The standard InChI is InChI=1S/C16H32O3/c1-7-18-15(17)11-13(2)9-8-10-14(3)12-19-16(4,5)6/h13-14H,7-12H2,1-6H3/t13-,14+/m0/s1. The normalized spacial score (nSPS) is 15.1. The molecule has 0 fully saturated rings. The zero-order valence-electron chi connectivity index (χ0n) is 13.6. The number of ether oxygens (including phenoxy) is 2. The van der Waals surface area contributed by atoms with Gasteiger partial charge in [-0.1, -0.05) is 26.7 Å². The first kappa shape index (κ1) is 18.4. The molecule has 0 N–H and O–H groups in total. The number of hydrogen-bond acceptors (Lipinski definition) is 3. The summed E-state index contributed by atoms with van der Waals surface area (Å²) < 4.78 is 10.7. The van der Waals surface area contributed by atoms with Crippen LogP contribution < -0.4 is 0 Å². The molecule has 0 aliphatic rings. The second-order valence-corrected chi connectivity index (χ2v) is 6.57. The van der Waals surface area contributed by atoms with Crippen LogP contribution in [0, 0.1) is 11.8 Å². The Morgan fingerprint density at radius 3 is 2.21 bits per heavy atom. The van der Waals surface area contributed by atoms with E-state index in [1.807, 2.05) is 6.92 Å². The Bertz CT molecular complexity index is 243. The molecule has 3 nitrogen and oxygen atoms in total. The minimum atomic E-state index is -0.0703. The fraction of sp³-hybridized carbons (Fsp3) is 0.938. The summed E-state index contributed by atoms with van der Waals surface area (Å²) in [5.74, 6) is 0.919. The van der Waals surface area contributed by atoms with Crippen LogP contribution in [-0.4, -0.2) is 24.8 Å². The Hall–Kier alpha value is -0.570. The van der Waals surface area contributed by atoms with E-state index in [-0.39, 0.29) is 11.6 Å². The van der Waals surface area contributed by atoms with E-state index >= 15 is 0 Å². The van der Waals surface area contributed by atoms with Gasteiger partial charge in [-0.2, -0.15) is 0 Å². The van der Waals surface area contributed by atoms with E-state index in [9.17, 15) is 4.79 Å². The Kier molecular flexibility index (Phi) is 9.07. The summed E-state index contributed by atoms with van der Waals surface area (Å²) in [6, 6.07) is 0. The van der Waals surface area contributed by atoms with Gasteiger partial charge in [-0.15, -0.1) is 0 Å². The quantitative estimate of drug-likeness (QED) is 0.590. The van der Waals surface area contributed by atoms with Gasteiger partial charge in [0.15, 0.2) is 0 Å². The van der Waals surface area contributed by atoms with Gasteiger partial charge in [-0.3, -0.25) is 4.79 Å². The van der Waals surface area contributed by atoms with Gasteiger partial charge >= 0.3 is 5.97 Å². The van der Waals surface area contributed by atoms with Crippen molar-refractivity contribution in [2.75, 3.05) is 13.2 Å². The molecule has 0 aromatic carbocycles. The first-order valence-corrected chi connectivity index (χ1v) is 7.54. The van der Waals surface area contributed by atoms with E-state index in [1.54, 1.807) is 0 Å². The van der Waals surface area contributed by atoms with Crippen LogP contribution in [0.4, 0.5) is 0 Å². The van der Waals surface area contributed by atoms with Crippen molar-refractivity contribution in [1.82, 2.24) is 0 Å². The largest absolute Gasteiger partial charge is 0.466 e. The van der Waals surface area contributed by atoms with E-state index < -0.39 is 0 Å². The molecule has 3 heteroatoms. The topological polar surface area (TPSA) is 35.5 Å². The third-order valence-corrected chi connectivity index (χ3v) is 3.02. The second kappa shape index (κ2) is 9.35. The van der Waals surface area contributed by atoms with Crippen LogP contribution in [0.2, 0.25) is 0 Å².